The van der Waals surface area contributed by atoms with E-state index in [-0.39, 0.29) is 5.82 Å². The molecule has 112 valence electrons. The molecule has 0 saturated carbocycles. The molecule has 0 saturated heterocycles. The molecule has 0 bridgehead atoms. The molecule has 0 heterocycles. The Hall–Kier alpha value is -1.39. The van der Waals surface area contributed by atoms with Crippen molar-refractivity contribution in [3.8, 4) is 5.75 Å². The van der Waals surface area contributed by atoms with Crippen molar-refractivity contribution in [3.05, 3.63) is 64.4 Å². The highest BCUT2D eigenvalue weighted by atomic mass is 79.9. The number of rotatable bonds is 7. The van der Waals surface area contributed by atoms with Gasteiger partial charge >= 0.3 is 0 Å². The molecular formula is C17H19BrFNO. The number of halogens is 2. The van der Waals surface area contributed by atoms with E-state index in [9.17, 15) is 4.39 Å². The minimum atomic E-state index is -0.229. The smallest absolute Gasteiger partial charge is 0.137 e. The summed E-state index contributed by atoms with van der Waals surface area (Å²) in [6, 6.07) is 15.2. The number of nitrogens with one attached hydrogen (secondary N) is 1. The van der Waals surface area contributed by atoms with Gasteiger partial charge < -0.3 is 10.1 Å². The van der Waals surface area contributed by atoms with Crippen molar-refractivity contribution in [2.45, 2.75) is 18.9 Å². The Morgan fingerprint density at radius 1 is 1.19 bits per heavy atom. The molecular weight excluding hydrogens is 333 g/mol. The van der Waals surface area contributed by atoms with Crippen molar-refractivity contribution >= 4 is 15.9 Å². The van der Waals surface area contributed by atoms with Gasteiger partial charge in [-0.25, -0.2) is 4.39 Å². The molecule has 2 aromatic carbocycles. The third-order valence-electron chi connectivity index (χ3n) is 3.35. The number of hydrogen-bond donors (Lipinski definition) is 1. The lowest BCUT2D eigenvalue weighted by atomic mass is 10.0. The van der Waals surface area contributed by atoms with Gasteiger partial charge in [0.15, 0.2) is 0 Å². The molecule has 0 aliphatic heterocycles. The first-order valence-electron chi connectivity index (χ1n) is 6.98. The fourth-order valence-corrected chi connectivity index (χ4v) is 2.56. The van der Waals surface area contributed by atoms with Crippen LogP contribution in [0.1, 0.15) is 12.0 Å². The molecule has 4 heteroatoms. The fraction of sp³-hybridized carbons (Fsp3) is 0.294. The molecule has 0 fully saturated rings. The lowest BCUT2D eigenvalue weighted by molar-refractivity contribution is 0.288. The van der Waals surface area contributed by atoms with Gasteiger partial charge in [0.1, 0.15) is 11.6 Å². The Balaban J connectivity index is 1.84. The van der Waals surface area contributed by atoms with E-state index in [1.165, 1.54) is 6.07 Å². The van der Waals surface area contributed by atoms with Crippen molar-refractivity contribution in [3.63, 3.8) is 0 Å². The minimum absolute atomic E-state index is 0.229. The van der Waals surface area contributed by atoms with Crippen LogP contribution in [0.25, 0.3) is 0 Å². The van der Waals surface area contributed by atoms with E-state index in [2.05, 4.69) is 21.2 Å². The highest BCUT2D eigenvalue weighted by molar-refractivity contribution is 9.10. The monoisotopic (exact) mass is 351 g/mol. The van der Waals surface area contributed by atoms with E-state index in [0.29, 0.717) is 17.1 Å². The maximum atomic E-state index is 13.2. The van der Waals surface area contributed by atoms with Crippen LogP contribution in [0.3, 0.4) is 0 Å². The second-order valence-corrected chi connectivity index (χ2v) is 5.74. The Morgan fingerprint density at radius 3 is 2.62 bits per heavy atom. The van der Waals surface area contributed by atoms with Crippen LogP contribution in [0, 0.1) is 5.82 Å². The van der Waals surface area contributed by atoms with Gasteiger partial charge in [0.2, 0.25) is 0 Å². The van der Waals surface area contributed by atoms with E-state index in [4.69, 9.17) is 4.74 Å². The predicted molar refractivity (Wildman–Crippen MR) is 87.2 cm³/mol. The maximum Gasteiger partial charge on any atom is 0.137 e. The molecule has 2 nitrogen and oxygen atoms in total. The number of para-hydroxylation sites is 1. The van der Waals surface area contributed by atoms with Gasteiger partial charge in [0.25, 0.3) is 0 Å². The van der Waals surface area contributed by atoms with Crippen LogP contribution >= 0.6 is 15.9 Å². The quantitative estimate of drug-likeness (QED) is 0.807. The third-order valence-corrected chi connectivity index (χ3v) is 3.96. The number of hydrogen-bond acceptors (Lipinski definition) is 2. The van der Waals surface area contributed by atoms with Crippen LogP contribution in [0.2, 0.25) is 0 Å². The lowest BCUT2D eigenvalue weighted by Gasteiger charge is -2.17. The van der Waals surface area contributed by atoms with Gasteiger partial charge in [0, 0.05) is 6.04 Å². The van der Waals surface area contributed by atoms with E-state index in [0.717, 1.165) is 24.2 Å². The van der Waals surface area contributed by atoms with Gasteiger partial charge in [0.05, 0.1) is 11.1 Å². The molecule has 2 rings (SSSR count). The summed E-state index contributed by atoms with van der Waals surface area (Å²) in [6.45, 7) is 0.651. The van der Waals surface area contributed by atoms with Gasteiger partial charge in [-0.1, -0.05) is 24.3 Å². The molecule has 0 aromatic heterocycles. The molecule has 0 spiro atoms. The van der Waals surface area contributed by atoms with Crippen molar-refractivity contribution < 1.29 is 9.13 Å². The van der Waals surface area contributed by atoms with E-state index in [1.54, 1.807) is 0 Å². The van der Waals surface area contributed by atoms with Crippen LogP contribution in [-0.4, -0.2) is 19.7 Å². The van der Waals surface area contributed by atoms with Crippen LogP contribution in [0.15, 0.2) is 53.0 Å². The molecule has 1 N–H and O–H groups in total. The van der Waals surface area contributed by atoms with Crippen LogP contribution < -0.4 is 10.1 Å². The highest BCUT2D eigenvalue weighted by Crippen LogP contribution is 2.18. The maximum absolute atomic E-state index is 13.2. The van der Waals surface area contributed by atoms with E-state index in [1.807, 2.05) is 49.5 Å². The topological polar surface area (TPSA) is 21.3 Å². The first-order valence-corrected chi connectivity index (χ1v) is 7.77. The van der Waals surface area contributed by atoms with E-state index >= 15 is 0 Å². The number of ether oxygens (including phenoxy) is 1. The second-order valence-electron chi connectivity index (χ2n) is 4.89. The Morgan fingerprint density at radius 2 is 1.95 bits per heavy atom. The van der Waals surface area contributed by atoms with Crippen LogP contribution in [0.5, 0.6) is 5.75 Å². The van der Waals surface area contributed by atoms with Gasteiger partial charge in [-0.05, 0) is 65.6 Å². The summed E-state index contributed by atoms with van der Waals surface area (Å²) in [7, 11) is 1.94. The van der Waals surface area contributed by atoms with E-state index < -0.39 is 0 Å². The van der Waals surface area contributed by atoms with Crippen molar-refractivity contribution in [2.24, 2.45) is 0 Å². The fourth-order valence-electron chi connectivity index (χ4n) is 2.14. The third kappa shape index (κ3) is 5.14. The Kier molecular flexibility index (Phi) is 6.21. The average molecular weight is 352 g/mol. The Labute approximate surface area is 133 Å². The number of benzene rings is 2. The molecule has 2 aromatic rings. The zero-order valence-electron chi connectivity index (χ0n) is 12.0. The van der Waals surface area contributed by atoms with Crippen molar-refractivity contribution in [2.75, 3.05) is 13.7 Å². The lowest BCUT2D eigenvalue weighted by Crippen LogP contribution is -2.29. The first kappa shape index (κ1) is 16.0. The zero-order valence-corrected chi connectivity index (χ0v) is 13.6. The molecule has 1 unspecified atom stereocenters. The van der Waals surface area contributed by atoms with Gasteiger partial charge in [-0.2, -0.15) is 0 Å². The molecule has 0 radical (unpaired) electrons. The summed E-state index contributed by atoms with van der Waals surface area (Å²) in [5.41, 5.74) is 1.10. The number of likely N-dealkylation sites (N-methyl/N-ethyl adjacent to an activating group) is 1. The van der Waals surface area contributed by atoms with Gasteiger partial charge in [-0.3, -0.25) is 0 Å². The van der Waals surface area contributed by atoms with Gasteiger partial charge in [-0.15, -0.1) is 0 Å². The first-order chi connectivity index (χ1) is 10.2. The van der Waals surface area contributed by atoms with Crippen LogP contribution in [0.4, 0.5) is 4.39 Å². The molecule has 1 atom stereocenters. The summed E-state index contributed by atoms with van der Waals surface area (Å²) in [5.74, 6) is 0.657. The molecule has 0 amide bonds. The van der Waals surface area contributed by atoms with Crippen molar-refractivity contribution in [1.29, 1.82) is 0 Å². The zero-order chi connectivity index (χ0) is 15.1. The largest absolute Gasteiger partial charge is 0.494 e. The standard InChI is InChI=1S/C17H19BrFNO/c1-20-14(9-10-21-15-5-3-2-4-6-15)11-13-7-8-17(19)16(18)12-13/h2-8,12,14,20H,9-11H2,1H3. The summed E-state index contributed by atoms with van der Waals surface area (Å²) >= 11 is 3.22. The SMILES string of the molecule is CNC(CCOc1ccccc1)Cc1ccc(F)c(Br)c1. The average Bonchev–Trinajstić information content (AvgIpc) is 2.51. The normalized spacial score (nSPS) is 12.1. The molecule has 21 heavy (non-hydrogen) atoms. The van der Waals surface area contributed by atoms with Crippen LogP contribution in [-0.2, 0) is 6.42 Å². The molecule has 0 aliphatic carbocycles. The summed E-state index contributed by atoms with van der Waals surface area (Å²) in [5, 5.41) is 3.28. The minimum Gasteiger partial charge on any atom is -0.494 e. The molecule has 0 aliphatic rings. The van der Waals surface area contributed by atoms with Crippen molar-refractivity contribution in [1.82, 2.24) is 5.32 Å². The summed E-state index contributed by atoms with van der Waals surface area (Å²) in [6.07, 6.45) is 1.73. The highest BCUT2D eigenvalue weighted by Gasteiger charge is 2.09. The Bertz CT molecular complexity index is 562. The predicted octanol–water partition coefficient (Wildman–Crippen LogP) is 4.19. The second kappa shape index (κ2) is 8.15. The summed E-state index contributed by atoms with van der Waals surface area (Å²) in [4.78, 5) is 0. The summed E-state index contributed by atoms with van der Waals surface area (Å²) < 4.78 is 19.4.